The van der Waals surface area contributed by atoms with Gasteiger partial charge in [0.05, 0.1) is 6.61 Å². The Balaban J connectivity index is 2.51. The van der Waals surface area contributed by atoms with Crippen molar-refractivity contribution >= 4 is 16.7 Å². The zero-order chi connectivity index (χ0) is 13.1. The Kier molecular flexibility index (Phi) is 3.63. The number of esters is 1. The maximum absolute atomic E-state index is 11.6. The van der Waals surface area contributed by atoms with E-state index < -0.39 is 12.1 Å². The highest BCUT2D eigenvalue weighted by atomic mass is 16.5. The number of fused-ring (bicyclic) bond motifs is 1. The summed E-state index contributed by atoms with van der Waals surface area (Å²) < 4.78 is 4.85. The van der Waals surface area contributed by atoms with Crippen LogP contribution in [0.25, 0.3) is 10.8 Å². The van der Waals surface area contributed by atoms with Gasteiger partial charge in [0.15, 0.2) is 6.10 Å². The molecule has 1 N–H and O–H groups in total. The SMILES string of the molecule is CCOC(=O)[C@@H](O)c1ccc(C)c2ccccc12. The minimum atomic E-state index is -1.23. The minimum absolute atomic E-state index is 0.264. The number of ether oxygens (including phenoxy) is 1. The summed E-state index contributed by atoms with van der Waals surface area (Å²) in [5, 5.41) is 12.0. The molecule has 0 saturated heterocycles. The molecule has 18 heavy (non-hydrogen) atoms. The molecule has 2 aromatic carbocycles. The van der Waals surface area contributed by atoms with Gasteiger partial charge in [-0.1, -0.05) is 36.4 Å². The summed E-state index contributed by atoms with van der Waals surface area (Å²) in [5.41, 5.74) is 1.71. The summed E-state index contributed by atoms with van der Waals surface area (Å²) in [6, 6.07) is 11.4. The Bertz CT molecular complexity index is 575. The van der Waals surface area contributed by atoms with E-state index in [-0.39, 0.29) is 6.61 Å². The zero-order valence-corrected chi connectivity index (χ0v) is 10.5. The predicted molar refractivity (Wildman–Crippen MR) is 70.3 cm³/mol. The molecule has 0 saturated carbocycles. The molecule has 0 heterocycles. The van der Waals surface area contributed by atoms with Gasteiger partial charge in [-0.2, -0.15) is 0 Å². The maximum Gasteiger partial charge on any atom is 0.339 e. The van der Waals surface area contributed by atoms with Crippen molar-refractivity contribution in [1.82, 2.24) is 0 Å². The summed E-state index contributed by atoms with van der Waals surface area (Å²) in [6.45, 7) is 3.99. The lowest BCUT2D eigenvalue weighted by molar-refractivity contribution is -0.153. The second-order valence-corrected chi connectivity index (χ2v) is 4.17. The summed E-state index contributed by atoms with van der Waals surface area (Å²) in [4.78, 5) is 11.6. The Hall–Kier alpha value is -1.87. The molecule has 0 unspecified atom stereocenters. The number of carbonyl (C=O) groups excluding carboxylic acids is 1. The topological polar surface area (TPSA) is 46.5 Å². The number of aliphatic hydroxyl groups is 1. The normalized spacial score (nSPS) is 12.4. The highest BCUT2D eigenvalue weighted by Crippen LogP contribution is 2.27. The molecule has 0 aromatic heterocycles. The van der Waals surface area contributed by atoms with E-state index in [0.29, 0.717) is 5.56 Å². The molecule has 0 aliphatic rings. The molecule has 0 aliphatic carbocycles. The first kappa shape index (κ1) is 12.6. The summed E-state index contributed by atoms with van der Waals surface area (Å²) >= 11 is 0. The fourth-order valence-corrected chi connectivity index (χ4v) is 2.06. The molecule has 0 bridgehead atoms. The quantitative estimate of drug-likeness (QED) is 0.844. The number of rotatable bonds is 3. The highest BCUT2D eigenvalue weighted by molar-refractivity contribution is 5.92. The van der Waals surface area contributed by atoms with Crippen LogP contribution in [-0.2, 0) is 9.53 Å². The van der Waals surface area contributed by atoms with Crippen LogP contribution in [0.1, 0.15) is 24.2 Å². The van der Waals surface area contributed by atoms with Gasteiger partial charge in [0, 0.05) is 0 Å². The van der Waals surface area contributed by atoms with Gasteiger partial charge in [-0.15, -0.1) is 0 Å². The van der Waals surface area contributed by atoms with Gasteiger partial charge in [-0.3, -0.25) is 0 Å². The van der Waals surface area contributed by atoms with Gasteiger partial charge in [-0.25, -0.2) is 4.79 Å². The number of benzene rings is 2. The highest BCUT2D eigenvalue weighted by Gasteiger charge is 2.20. The maximum atomic E-state index is 11.6. The van der Waals surface area contributed by atoms with E-state index in [1.165, 1.54) is 0 Å². The van der Waals surface area contributed by atoms with Crippen molar-refractivity contribution < 1.29 is 14.6 Å². The molecule has 3 nitrogen and oxygen atoms in total. The Morgan fingerprint density at radius 2 is 1.89 bits per heavy atom. The average Bonchev–Trinajstić information content (AvgIpc) is 2.39. The van der Waals surface area contributed by atoms with Gasteiger partial charge >= 0.3 is 5.97 Å². The van der Waals surface area contributed by atoms with Crippen molar-refractivity contribution in [1.29, 1.82) is 0 Å². The van der Waals surface area contributed by atoms with Crippen molar-refractivity contribution in [2.45, 2.75) is 20.0 Å². The lowest BCUT2D eigenvalue weighted by Gasteiger charge is -2.13. The van der Waals surface area contributed by atoms with Crippen LogP contribution in [0.15, 0.2) is 36.4 Å². The van der Waals surface area contributed by atoms with Gasteiger partial charge in [0.2, 0.25) is 0 Å². The van der Waals surface area contributed by atoms with E-state index in [2.05, 4.69) is 0 Å². The fourth-order valence-electron chi connectivity index (χ4n) is 2.06. The molecule has 0 aliphatic heterocycles. The molecule has 94 valence electrons. The van der Waals surface area contributed by atoms with Crippen LogP contribution in [0.4, 0.5) is 0 Å². The second kappa shape index (κ2) is 5.19. The first-order valence-electron chi connectivity index (χ1n) is 5.98. The third-order valence-corrected chi connectivity index (χ3v) is 2.98. The Labute approximate surface area is 106 Å². The lowest BCUT2D eigenvalue weighted by Crippen LogP contribution is -2.15. The van der Waals surface area contributed by atoms with Crippen molar-refractivity contribution in [2.24, 2.45) is 0 Å². The molecule has 1 atom stereocenters. The van der Waals surface area contributed by atoms with Crippen LogP contribution in [0.2, 0.25) is 0 Å². The van der Waals surface area contributed by atoms with E-state index in [9.17, 15) is 9.90 Å². The van der Waals surface area contributed by atoms with Crippen molar-refractivity contribution in [3.05, 3.63) is 47.5 Å². The van der Waals surface area contributed by atoms with E-state index >= 15 is 0 Å². The number of carbonyl (C=O) groups is 1. The smallest absolute Gasteiger partial charge is 0.339 e. The summed E-state index contributed by atoms with van der Waals surface area (Å²) in [5.74, 6) is -0.605. The van der Waals surface area contributed by atoms with Crippen LogP contribution in [0, 0.1) is 6.92 Å². The first-order valence-corrected chi connectivity index (χ1v) is 5.98. The lowest BCUT2D eigenvalue weighted by atomic mass is 9.97. The fraction of sp³-hybridized carbons (Fsp3) is 0.267. The van der Waals surface area contributed by atoms with Gasteiger partial charge in [0.25, 0.3) is 0 Å². The third-order valence-electron chi connectivity index (χ3n) is 2.98. The van der Waals surface area contributed by atoms with Crippen molar-refractivity contribution in [2.75, 3.05) is 6.61 Å². The average molecular weight is 244 g/mol. The van der Waals surface area contributed by atoms with E-state index in [1.54, 1.807) is 13.0 Å². The van der Waals surface area contributed by atoms with Crippen molar-refractivity contribution in [3.63, 3.8) is 0 Å². The first-order chi connectivity index (χ1) is 8.65. The van der Waals surface area contributed by atoms with Gasteiger partial charge < -0.3 is 9.84 Å². The van der Waals surface area contributed by atoms with Crippen LogP contribution >= 0.6 is 0 Å². The molecule has 0 spiro atoms. The molecule has 2 rings (SSSR count). The van der Waals surface area contributed by atoms with Crippen molar-refractivity contribution in [3.8, 4) is 0 Å². The molecular weight excluding hydrogens is 228 g/mol. The third kappa shape index (κ3) is 2.22. The Morgan fingerprint density at radius 1 is 1.22 bits per heavy atom. The minimum Gasteiger partial charge on any atom is -0.464 e. The monoisotopic (exact) mass is 244 g/mol. The zero-order valence-electron chi connectivity index (χ0n) is 10.5. The van der Waals surface area contributed by atoms with E-state index in [4.69, 9.17) is 4.74 Å². The van der Waals surface area contributed by atoms with Crippen LogP contribution in [0.3, 0.4) is 0 Å². The van der Waals surface area contributed by atoms with Crippen LogP contribution in [-0.4, -0.2) is 17.7 Å². The number of aryl methyl sites for hydroxylation is 1. The van der Waals surface area contributed by atoms with Gasteiger partial charge in [0.1, 0.15) is 0 Å². The molecule has 3 heteroatoms. The molecule has 2 aromatic rings. The molecule has 0 fully saturated rings. The standard InChI is InChI=1S/C15H16O3/c1-3-18-15(17)14(16)13-9-8-10(2)11-6-4-5-7-12(11)13/h4-9,14,16H,3H2,1-2H3/t14-/m0/s1. The second-order valence-electron chi connectivity index (χ2n) is 4.17. The summed E-state index contributed by atoms with van der Waals surface area (Å²) in [7, 11) is 0. The van der Waals surface area contributed by atoms with E-state index in [1.807, 2.05) is 37.3 Å². The summed E-state index contributed by atoms with van der Waals surface area (Å²) in [6.07, 6.45) is -1.23. The van der Waals surface area contributed by atoms with Gasteiger partial charge in [-0.05, 0) is 35.7 Å². The van der Waals surface area contributed by atoms with Crippen LogP contribution in [0.5, 0.6) is 0 Å². The number of hydrogen-bond acceptors (Lipinski definition) is 3. The number of aliphatic hydroxyl groups excluding tert-OH is 1. The van der Waals surface area contributed by atoms with E-state index in [0.717, 1.165) is 16.3 Å². The van der Waals surface area contributed by atoms with Crippen LogP contribution < -0.4 is 0 Å². The number of hydrogen-bond donors (Lipinski definition) is 1. The molecular formula is C15H16O3. The molecule has 0 radical (unpaired) electrons. The molecule has 0 amide bonds. The Morgan fingerprint density at radius 3 is 2.56 bits per heavy atom. The largest absolute Gasteiger partial charge is 0.464 e. The predicted octanol–water partition coefficient (Wildman–Crippen LogP) is 2.74.